The van der Waals surface area contributed by atoms with E-state index in [4.69, 9.17) is 15.3 Å². The van der Waals surface area contributed by atoms with E-state index >= 15 is 0 Å². The van der Waals surface area contributed by atoms with Crippen LogP contribution in [-0.4, -0.2) is 21.4 Å². The molecule has 0 saturated heterocycles. The average molecular weight is 144 g/mol. The molecule has 0 aliphatic rings. The van der Waals surface area contributed by atoms with E-state index in [0.29, 0.717) is 0 Å². The van der Waals surface area contributed by atoms with Gasteiger partial charge in [-0.2, -0.15) is 0 Å². The lowest BCUT2D eigenvalue weighted by atomic mass is 10.2. The zero-order valence-electron chi connectivity index (χ0n) is 6.07. The van der Waals surface area contributed by atoms with E-state index in [9.17, 15) is 0 Å². The molecule has 0 aliphatic carbocycles. The molecule has 0 aromatic heterocycles. The second-order valence-electron chi connectivity index (χ2n) is 1.83. The van der Waals surface area contributed by atoms with Crippen LogP contribution in [0.1, 0.15) is 13.8 Å². The second-order valence-corrected chi connectivity index (χ2v) is 1.83. The molecule has 0 spiro atoms. The van der Waals surface area contributed by atoms with Crippen LogP contribution < -0.4 is 0 Å². The third-order valence-electron chi connectivity index (χ3n) is 1.15. The van der Waals surface area contributed by atoms with Gasteiger partial charge in [0.2, 0.25) is 0 Å². The fraction of sp³-hybridized carbons (Fsp3) is 0.429. The van der Waals surface area contributed by atoms with Crippen molar-refractivity contribution in [2.24, 2.45) is 0 Å². The van der Waals surface area contributed by atoms with Crippen molar-refractivity contribution in [2.45, 2.75) is 20.0 Å². The van der Waals surface area contributed by atoms with Gasteiger partial charge in [-0.3, -0.25) is 0 Å². The van der Waals surface area contributed by atoms with Gasteiger partial charge in [-0.15, -0.1) is 0 Å². The van der Waals surface area contributed by atoms with Crippen LogP contribution in [0.2, 0.25) is 0 Å². The van der Waals surface area contributed by atoms with Crippen molar-refractivity contribution in [1.82, 2.24) is 0 Å². The van der Waals surface area contributed by atoms with Crippen LogP contribution >= 0.6 is 0 Å². The summed E-state index contributed by atoms with van der Waals surface area (Å²) in [6.07, 6.45) is 1.38. The minimum absolute atomic E-state index is 0.240. The number of allylic oxidation sites excluding steroid dienone is 2. The van der Waals surface area contributed by atoms with Crippen molar-refractivity contribution >= 4 is 0 Å². The molecule has 0 fully saturated rings. The van der Waals surface area contributed by atoms with E-state index in [1.165, 1.54) is 12.2 Å². The summed E-state index contributed by atoms with van der Waals surface area (Å²) in [6.45, 7) is 3.14. The first-order chi connectivity index (χ1) is 4.63. The molecule has 10 heavy (non-hydrogen) atoms. The summed E-state index contributed by atoms with van der Waals surface area (Å²) in [5, 5.41) is 26.6. The van der Waals surface area contributed by atoms with Crippen LogP contribution in [0.5, 0.6) is 0 Å². The molecule has 58 valence electrons. The Labute approximate surface area is 59.9 Å². The summed E-state index contributed by atoms with van der Waals surface area (Å²) in [6, 6.07) is 0. The van der Waals surface area contributed by atoms with Crippen LogP contribution in [0, 0.1) is 0 Å². The summed E-state index contributed by atoms with van der Waals surface area (Å²) in [7, 11) is 0. The molecule has 0 saturated carbocycles. The Bertz CT molecular complexity index is 140. The van der Waals surface area contributed by atoms with E-state index in [1.807, 2.05) is 0 Å². The molecular formula is C7H12O3. The lowest BCUT2D eigenvalue weighted by Gasteiger charge is -2.06. The standard InChI is InChI=1S/C7H12O3/c1-3-5(8)7(10)6(9)4-2/h3-4,7-10H,1-2H3. The third-order valence-corrected chi connectivity index (χ3v) is 1.15. The summed E-state index contributed by atoms with van der Waals surface area (Å²) in [5.41, 5.74) is 0. The van der Waals surface area contributed by atoms with E-state index < -0.39 is 6.10 Å². The van der Waals surface area contributed by atoms with E-state index in [-0.39, 0.29) is 11.5 Å². The van der Waals surface area contributed by atoms with Gasteiger partial charge in [0.25, 0.3) is 0 Å². The topological polar surface area (TPSA) is 60.7 Å². The molecule has 0 aromatic rings. The van der Waals surface area contributed by atoms with Gasteiger partial charge in [-0.05, 0) is 26.0 Å². The van der Waals surface area contributed by atoms with Gasteiger partial charge in [0, 0.05) is 0 Å². The van der Waals surface area contributed by atoms with Gasteiger partial charge in [0.15, 0.2) is 6.10 Å². The molecule has 0 aliphatic heterocycles. The van der Waals surface area contributed by atoms with Crippen molar-refractivity contribution in [3.63, 3.8) is 0 Å². The maximum atomic E-state index is 8.95. The molecule has 3 heteroatoms. The number of rotatable bonds is 2. The van der Waals surface area contributed by atoms with Gasteiger partial charge < -0.3 is 15.3 Å². The van der Waals surface area contributed by atoms with Gasteiger partial charge in [-0.25, -0.2) is 0 Å². The molecule has 0 rings (SSSR count). The lowest BCUT2D eigenvalue weighted by Crippen LogP contribution is -2.12. The van der Waals surface area contributed by atoms with Crippen molar-refractivity contribution in [3.05, 3.63) is 23.7 Å². The van der Waals surface area contributed by atoms with Gasteiger partial charge in [0.05, 0.1) is 0 Å². The zero-order chi connectivity index (χ0) is 8.15. The maximum Gasteiger partial charge on any atom is 0.167 e. The third kappa shape index (κ3) is 2.11. The van der Waals surface area contributed by atoms with Crippen LogP contribution in [0.3, 0.4) is 0 Å². The van der Waals surface area contributed by atoms with Crippen molar-refractivity contribution in [3.8, 4) is 0 Å². The van der Waals surface area contributed by atoms with Crippen LogP contribution in [0.25, 0.3) is 0 Å². The van der Waals surface area contributed by atoms with E-state index in [0.717, 1.165) is 0 Å². The van der Waals surface area contributed by atoms with Crippen molar-refractivity contribution in [1.29, 1.82) is 0 Å². The predicted octanol–water partition coefficient (Wildman–Crippen LogP) is 1.27. The van der Waals surface area contributed by atoms with Crippen molar-refractivity contribution < 1.29 is 15.3 Å². The molecule has 0 unspecified atom stereocenters. The lowest BCUT2D eigenvalue weighted by molar-refractivity contribution is 0.137. The number of hydrogen-bond donors (Lipinski definition) is 3. The summed E-state index contributed by atoms with van der Waals surface area (Å²) in [5.74, 6) is -0.480. The SMILES string of the molecule is CC=C(O)C(O)C(O)=CC. The highest BCUT2D eigenvalue weighted by molar-refractivity contribution is 5.10. The molecule has 3 N–H and O–H groups in total. The Morgan fingerprint density at radius 3 is 1.60 bits per heavy atom. The maximum absolute atomic E-state index is 8.95. The molecule has 0 radical (unpaired) electrons. The highest BCUT2D eigenvalue weighted by Crippen LogP contribution is 2.05. The molecule has 3 nitrogen and oxygen atoms in total. The predicted molar refractivity (Wildman–Crippen MR) is 38.8 cm³/mol. The Hall–Kier alpha value is -0.960. The fourth-order valence-electron chi connectivity index (χ4n) is 0.467. The molecule has 0 amide bonds. The largest absolute Gasteiger partial charge is 0.509 e. The molecular weight excluding hydrogens is 132 g/mol. The average Bonchev–Trinajstić information content (AvgIpc) is 2.00. The quantitative estimate of drug-likeness (QED) is 0.511. The van der Waals surface area contributed by atoms with Gasteiger partial charge in [0.1, 0.15) is 11.5 Å². The summed E-state index contributed by atoms with van der Waals surface area (Å²) >= 11 is 0. The first kappa shape index (κ1) is 9.04. The van der Waals surface area contributed by atoms with Gasteiger partial charge in [-0.1, -0.05) is 0 Å². The van der Waals surface area contributed by atoms with Gasteiger partial charge >= 0.3 is 0 Å². The van der Waals surface area contributed by atoms with Crippen LogP contribution in [-0.2, 0) is 0 Å². The minimum Gasteiger partial charge on any atom is -0.509 e. The number of aliphatic hydroxyl groups is 3. The Kier molecular flexibility index (Phi) is 3.57. The second kappa shape index (κ2) is 3.95. The summed E-state index contributed by atoms with van der Waals surface area (Å²) in [4.78, 5) is 0. The first-order valence-electron chi connectivity index (χ1n) is 3.01. The molecule has 0 heterocycles. The highest BCUT2D eigenvalue weighted by atomic mass is 16.4. The molecule has 0 aromatic carbocycles. The van der Waals surface area contributed by atoms with Crippen LogP contribution in [0.4, 0.5) is 0 Å². The zero-order valence-corrected chi connectivity index (χ0v) is 6.07. The Morgan fingerprint density at radius 1 is 1.10 bits per heavy atom. The molecule has 0 bridgehead atoms. The van der Waals surface area contributed by atoms with Crippen molar-refractivity contribution in [2.75, 3.05) is 0 Å². The van der Waals surface area contributed by atoms with Crippen LogP contribution in [0.15, 0.2) is 23.7 Å². The smallest absolute Gasteiger partial charge is 0.167 e. The van der Waals surface area contributed by atoms with E-state index in [2.05, 4.69) is 0 Å². The number of aliphatic hydroxyl groups excluding tert-OH is 3. The summed E-state index contributed by atoms with van der Waals surface area (Å²) < 4.78 is 0. The Balaban J connectivity index is 4.22. The first-order valence-corrected chi connectivity index (χ1v) is 3.01. The monoisotopic (exact) mass is 144 g/mol. The number of hydrogen-bond acceptors (Lipinski definition) is 3. The molecule has 0 atom stereocenters. The normalized spacial score (nSPS) is 17.1. The minimum atomic E-state index is -1.27. The highest BCUT2D eigenvalue weighted by Gasteiger charge is 2.11. The fourth-order valence-corrected chi connectivity index (χ4v) is 0.467. The van der Waals surface area contributed by atoms with E-state index in [1.54, 1.807) is 13.8 Å². The Morgan fingerprint density at radius 2 is 1.40 bits per heavy atom.